The number of methoxy groups -OCH3 is 2. The van der Waals surface area contributed by atoms with E-state index in [1.807, 2.05) is 33.8 Å². The Morgan fingerprint density at radius 1 is 1.04 bits per heavy atom. The third kappa shape index (κ3) is 4.63. The number of carbonyl (C=O) groups is 2. The van der Waals surface area contributed by atoms with Crippen molar-refractivity contribution in [3.8, 4) is 11.5 Å². The molecule has 28 heavy (non-hydrogen) atoms. The standard InChI is InChI=1S/C22H28N2O4/c1-7-17-18(12-9-13-19(17)28-6)21(26)24(22(2,3)4)23-20(25)15-10-8-11-16(14-15)27-5/h8-14H,7H2,1-6H3,(H,23,25). The van der Waals surface area contributed by atoms with Gasteiger partial charge in [0, 0.05) is 16.7 Å². The van der Waals surface area contributed by atoms with E-state index in [0.717, 1.165) is 5.56 Å². The normalized spacial score (nSPS) is 10.9. The summed E-state index contributed by atoms with van der Waals surface area (Å²) < 4.78 is 10.6. The first kappa shape index (κ1) is 21.3. The van der Waals surface area contributed by atoms with Gasteiger partial charge in [0.15, 0.2) is 0 Å². The molecule has 6 heteroatoms. The van der Waals surface area contributed by atoms with Crippen LogP contribution in [0.2, 0.25) is 0 Å². The van der Waals surface area contributed by atoms with Crippen LogP contribution in [0.5, 0.6) is 11.5 Å². The Balaban J connectivity index is 2.39. The number of hydrazine groups is 1. The third-order valence-electron chi connectivity index (χ3n) is 4.36. The lowest BCUT2D eigenvalue weighted by Crippen LogP contribution is -2.56. The molecule has 6 nitrogen and oxygen atoms in total. The largest absolute Gasteiger partial charge is 0.497 e. The summed E-state index contributed by atoms with van der Waals surface area (Å²) in [4.78, 5) is 26.2. The van der Waals surface area contributed by atoms with Gasteiger partial charge < -0.3 is 9.47 Å². The smallest absolute Gasteiger partial charge is 0.273 e. The molecule has 0 saturated carbocycles. The fourth-order valence-electron chi connectivity index (χ4n) is 2.90. The summed E-state index contributed by atoms with van der Waals surface area (Å²) in [5.41, 5.74) is 3.83. The second-order valence-electron chi connectivity index (χ2n) is 7.32. The topological polar surface area (TPSA) is 67.9 Å². The molecular weight excluding hydrogens is 356 g/mol. The van der Waals surface area contributed by atoms with Gasteiger partial charge in [-0.15, -0.1) is 0 Å². The van der Waals surface area contributed by atoms with Crippen molar-refractivity contribution >= 4 is 11.8 Å². The van der Waals surface area contributed by atoms with Crippen molar-refractivity contribution in [1.82, 2.24) is 10.4 Å². The lowest BCUT2D eigenvalue weighted by molar-refractivity contribution is 0.0357. The number of carbonyl (C=O) groups excluding carboxylic acids is 2. The molecule has 0 radical (unpaired) electrons. The van der Waals surface area contributed by atoms with E-state index in [1.165, 1.54) is 12.1 Å². The van der Waals surface area contributed by atoms with Crippen LogP contribution in [0, 0.1) is 0 Å². The maximum atomic E-state index is 13.4. The molecule has 2 aromatic rings. The Hall–Kier alpha value is -3.02. The summed E-state index contributed by atoms with van der Waals surface area (Å²) >= 11 is 0. The predicted octanol–water partition coefficient (Wildman–Crippen LogP) is 3.85. The fourth-order valence-corrected chi connectivity index (χ4v) is 2.90. The van der Waals surface area contributed by atoms with Crippen molar-refractivity contribution < 1.29 is 19.1 Å². The molecule has 0 aromatic heterocycles. The van der Waals surface area contributed by atoms with Crippen molar-refractivity contribution in [2.24, 2.45) is 0 Å². The van der Waals surface area contributed by atoms with Crippen molar-refractivity contribution in [2.45, 2.75) is 39.7 Å². The highest BCUT2D eigenvalue weighted by atomic mass is 16.5. The number of hydrogen-bond acceptors (Lipinski definition) is 4. The first-order chi connectivity index (χ1) is 13.2. The molecule has 0 aliphatic carbocycles. The average molecular weight is 384 g/mol. The highest BCUT2D eigenvalue weighted by molar-refractivity contribution is 6.00. The fraction of sp³-hybridized carbons (Fsp3) is 0.364. The van der Waals surface area contributed by atoms with Crippen LogP contribution >= 0.6 is 0 Å². The molecule has 0 spiro atoms. The quantitative estimate of drug-likeness (QED) is 0.795. The zero-order valence-electron chi connectivity index (χ0n) is 17.3. The van der Waals surface area contributed by atoms with Crippen LogP contribution in [-0.4, -0.2) is 36.6 Å². The molecule has 1 N–H and O–H groups in total. The minimum absolute atomic E-state index is 0.292. The lowest BCUT2D eigenvalue weighted by atomic mass is 10.0. The Bertz CT molecular complexity index is 856. The van der Waals surface area contributed by atoms with Gasteiger partial charge in [0.1, 0.15) is 11.5 Å². The van der Waals surface area contributed by atoms with E-state index in [-0.39, 0.29) is 11.8 Å². The van der Waals surface area contributed by atoms with E-state index in [9.17, 15) is 9.59 Å². The van der Waals surface area contributed by atoms with E-state index in [2.05, 4.69) is 5.43 Å². The SMILES string of the molecule is CCc1c(OC)cccc1C(=O)N(NC(=O)c1cccc(OC)c1)C(C)(C)C. The molecule has 2 amide bonds. The van der Waals surface area contributed by atoms with E-state index in [4.69, 9.17) is 9.47 Å². The van der Waals surface area contributed by atoms with E-state index in [0.29, 0.717) is 29.0 Å². The number of nitrogens with zero attached hydrogens (tertiary/aromatic N) is 1. The Morgan fingerprint density at radius 3 is 2.29 bits per heavy atom. The van der Waals surface area contributed by atoms with E-state index in [1.54, 1.807) is 43.5 Å². The molecule has 0 unspecified atom stereocenters. The second-order valence-corrected chi connectivity index (χ2v) is 7.32. The number of benzene rings is 2. The number of ether oxygens (including phenoxy) is 2. The van der Waals surface area contributed by atoms with Gasteiger partial charge in [-0.05, 0) is 57.5 Å². The number of hydrogen-bond donors (Lipinski definition) is 1. The zero-order chi connectivity index (χ0) is 20.9. The highest BCUT2D eigenvalue weighted by Crippen LogP contribution is 2.26. The second kappa shape index (κ2) is 8.78. The van der Waals surface area contributed by atoms with Gasteiger partial charge in [-0.1, -0.05) is 19.1 Å². The average Bonchev–Trinajstić information content (AvgIpc) is 2.69. The van der Waals surface area contributed by atoms with Crippen LogP contribution in [-0.2, 0) is 6.42 Å². The van der Waals surface area contributed by atoms with Gasteiger partial charge in [-0.25, -0.2) is 5.01 Å². The van der Waals surface area contributed by atoms with E-state index < -0.39 is 5.54 Å². The van der Waals surface area contributed by atoms with Crippen LogP contribution < -0.4 is 14.9 Å². The van der Waals surface area contributed by atoms with Gasteiger partial charge in [-0.2, -0.15) is 0 Å². The molecule has 0 atom stereocenters. The molecule has 0 aliphatic rings. The molecule has 0 fully saturated rings. The molecular formula is C22H28N2O4. The molecule has 0 heterocycles. The van der Waals surface area contributed by atoms with Gasteiger partial charge in [0.2, 0.25) is 0 Å². The molecule has 2 aromatic carbocycles. The van der Waals surface area contributed by atoms with Crippen LogP contribution in [0.3, 0.4) is 0 Å². The molecule has 0 aliphatic heterocycles. The number of nitrogens with one attached hydrogen (secondary N) is 1. The van der Waals surface area contributed by atoms with Gasteiger partial charge in [0.05, 0.1) is 19.8 Å². The summed E-state index contributed by atoms with van der Waals surface area (Å²) in [6.07, 6.45) is 0.632. The summed E-state index contributed by atoms with van der Waals surface area (Å²) in [5.74, 6) is 0.547. The molecule has 0 saturated heterocycles. The molecule has 0 bridgehead atoms. The van der Waals surface area contributed by atoms with Crippen LogP contribution in [0.1, 0.15) is 54.0 Å². The Kier molecular flexibility index (Phi) is 6.67. The molecule has 150 valence electrons. The summed E-state index contributed by atoms with van der Waals surface area (Å²) in [7, 11) is 3.12. The minimum atomic E-state index is -0.639. The van der Waals surface area contributed by atoms with Crippen molar-refractivity contribution in [3.63, 3.8) is 0 Å². The van der Waals surface area contributed by atoms with Crippen molar-refractivity contribution in [2.75, 3.05) is 14.2 Å². The van der Waals surface area contributed by atoms with Crippen molar-refractivity contribution in [3.05, 3.63) is 59.2 Å². The maximum Gasteiger partial charge on any atom is 0.273 e. The third-order valence-corrected chi connectivity index (χ3v) is 4.36. The van der Waals surface area contributed by atoms with Gasteiger partial charge in [0.25, 0.3) is 11.8 Å². The summed E-state index contributed by atoms with van der Waals surface area (Å²) in [6, 6.07) is 12.1. The Morgan fingerprint density at radius 2 is 1.71 bits per heavy atom. The maximum absolute atomic E-state index is 13.4. The predicted molar refractivity (Wildman–Crippen MR) is 109 cm³/mol. The van der Waals surface area contributed by atoms with Crippen LogP contribution in [0.4, 0.5) is 0 Å². The summed E-state index contributed by atoms with van der Waals surface area (Å²) in [5, 5.41) is 1.36. The first-order valence-electron chi connectivity index (χ1n) is 9.18. The number of amides is 2. The van der Waals surface area contributed by atoms with E-state index >= 15 is 0 Å². The minimum Gasteiger partial charge on any atom is -0.497 e. The number of rotatable bonds is 5. The van der Waals surface area contributed by atoms with Gasteiger partial charge >= 0.3 is 0 Å². The summed E-state index contributed by atoms with van der Waals surface area (Å²) in [6.45, 7) is 7.55. The van der Waals surface area contributed by atoms with Crippen LogP contribution in [0.15, 0.2) is 42.5 Å². The van der Waals surface area contributed by atoms with Gasteiger partial charge in [-0.3, -0.25) is 15.0 Å². The van der Waals surface area contributed by atoms with Crippen molar-refractivity contribution in [1.29, 1.82) is 0 Å². The molecule has 2 rings (SSSR count). The monoisotopic (exact) mass is 384 g/mol. The lowest BCUT2D eigenvalue weighted by Gasteiger charge is -2.36. The first-order valence-corrected chi connectivity index (χ1v) is 9.18. The Labute approximate surface area is 166 Å². The highest BCUT2D eigenvalue weighted by Gasteiger charge is 2.31. The van der Waals surface area contributed by atoms with Crippen LogP contribution in [0.25, 0.3) is 0 Å². The zero-order valence-corrected chi connectivity index (χ0v) is 17.3.